The third kappa shape index (κ3) is 2.63. The lowest BCUT2D eigenvalue weighted by Gasteiger charge is -2.11. The molecule has 0 aromatic carbocycles. The lowest BCUT2D eigenvalue weighted by molar-refractivity contribution is 0.0821. The van der Waals surface area contributed by atoms with E-state index in [1.165, 1.54) is 4.90 Å². The van der Waals surface area contributed by atoms with E-state index in [4.69, 9.17) is 5.73 Å². The summed E-state index contributed by atoms with van der Waals surface area (Å²) >= 11 is 0. The minimum atomic E-state index is -0.152. The summed E-state index contributed by atoms with van der Waals surface area (Å²) < 4.78 is 1.58. The Morgan fingerprint density at radius 3 is 2.79 bits per heavy atom. The summed E-state index contributed by atoms with van der Waals surface area (Å²) in [5.74, 6) is 0.507. The van der Waals surface area contributed by atoms with Crippen LogP contribution in [0.25, 0.3) is 5.82 Å². The normalized spacial score (nSPS) is 12.2. The highest BCUT2D eigenvalue weighted by atomic mass is 16.2. The standard InChI is InChI=1S/C13H17N5O/c1-9(14)10-5-4-7-15-12(10)18-8-6-11(16-18)13(19)17(2)3/h4-9H,14H2,1-3H3/t9-/m1/s1. The molecule has 0 fully saturated rings. The molecular formula is C13H17N5O. The third-order valence-corrected chi connectivity index (χ3v) is 2.74. The fourth-order valence-corrected chi connectivity index (χ4v) is 1.74. The van der Waals surface area contributed by atoms with E-state index >= 15 is 0 Å². The van der Waals surface area contributed by atoms with E-state index in [2.05, 4.69) is 10.1 Å². The number of aromatic nitrogens is 3. The van der Waals surface area contributed by atoms with Gasteiger partial charge in [0, 0.05) is 38.1 Å². The van der Waals surface area contributed by atoms with Crippen LogP contribution >= 0.6 is 0 Å². The summed E-state index contributed by atoms with van der Waals surface area (Å²) in [6, 6.07) is 5.25. The molecule has 2 rings (SSSR count). The van der Waals surface area contributed by atoms with Crippen molar-refractivity contribution in [3.05, 3.63) is 41.9 Å². The van der Waals surface area contributed by atoms with Gasteiger partial charge in [-0.15, -0.1) is 0 Å². The molecule has 0 aliphatic carbocycles. The molecule has 2 aromatic heterocycles. The second-order valence-corrected chi connectivity index (χ2v) is 4.55. The van der Waals surface area contributed by atoms with Gasteiger partial charge in [0.2, 0.25) is 0 Å². The van der Waals surface area contributed by atoms with Crippen molar-refractivity contribution in [1.29, 1.82) is 0 Å². The van der Waals surface area contributed by atoms with Gasteiger partial charge in [0.05, 0.1) is 0 Å². The third-order valence-electron chi connectivity index (χ3n) is 2.74. The number of amides is 1. The number of hydrogen-bond donors (Lipinski definition) is 1. The Morgan fingerprint density at radius 2 is 2.16 bits per heavy atom. The smallest absolute Gasteiger partial charge is 0.273 e. The molecule has 0 saturated heterocycles. The summed E-state index contributed by atoms with van der Waals surface area (Å²) in [5, 5.41) is 4.25. The van der Waals surface area contributed by atoms with E-state index in [0.29, 0.717) is 11.5 Å². The lowest BCUT2D eigenvalue weighted by atomic mass is 10.1. The van der Waals surface area contributed by atoms with Crippen LogP contribution in [0.4, 0.5) is 0 Å². The number of nitrogens with two attached hydrogens (primary N) is 1. The van der Waals surface area contributed by atoms with E-state index in [9.17, 15) is 4.79 Å². The van der Waals surface area contributed by atoms with Gasteiger partial charge in [-0.3, -0.25) is 4.79 Å². The molecule has 0 saturated carbocycles. The van der Waals surface area contributed by atoms with Crippen molar-refractivity contribution in [3.8, 4) is 5.82 Å². The molecule has 0 aliphatic heterocycles. The van der Waals surface area contributed by atoms with Crippen LogP contribution in [0.15, 0.2) is 30.6 Å². The molecule has 1 amide bonds. The van der Waals surface area contributed by atoms with Gasteiger partial charge in [0.1, 0.15) is 0 Å². The second-order valence-electron chi connectivity index (χ2n) is 4.55. The van der Waals surface area contributed by atoms with Crippen molar-refractivity contribution in [2.45, 2.75) is 13.0 Å². The van der Waals surface area contributed by atoms with Crippen molar-refractivity contribution >= 4 is 5.91 Å². The topological polar surface area (TPSA) is 77.0 Å². The Labute approximate surface area is 111 Å². The van der Waals surface area contributed by atoms with Crippen molar-refractivity contribution in [1.82, 2.24) is 19.7 Å². The molecule has 0 spiro atoms. The molecule has 0 unspecified atom stereocenters. The van der Waals surface area contributed by atoms with Crippen molar-refractivity contribution in [2.75, 3.05) is 14.1 Å². The summed E-state index contributed by atoms with van der Waals surface area (Å²) in [6.45, 7) is 1.88. The first kappa shape index (κ1) is 13.2. The highest BCUT2D eigenvalue weighted by Gasteiger charge is 2.15. The van der Waals surface area contributed by atoms with Gasteiger partial charge in [-0.1, -0.05) is 6.07 Å². The Hall–Kier alpha value is -2.21. The summed E-state index contributed by atoms with van der Waals surface area (Å²) in [7, 11) is 3.38. The zero-order valence-electron chi connectivity index (χ0n) is 11.2. The Morgan fingerprint density at radius 1 is 1.42 bits per heavy atom. The molecule has 0 bridgehead atoms. The van der Waals surface area contributed by atoms with Gasteiger partial charge >= 0.3 is 0 Å². The van der Waals surface area contributed by atoms with Crippen LogP contribution in [0.2, 0.25) is 0 Å². The molecule has 19 heavy (non-hydrogen) atoms. The number of pyridine rings is 1. The summed E-state index contributed by atoms with van der Waals surface area (Å²) in [4.78, 5) is 17.6. The van der Waals surface area contributed by atoms with E-state index in [0.717, 1.165) is 5.56 Å². The second kappa shape index (κ2) is 5.19. The largest absolute Gasteiger partial charge is 0.343 e. The maximum Gasteiger partial charge on any atom is 0.273 e. The molecule has 1 atom stereocenters. The Kier molecular flexibility index (Phi) is 3.62. The lowest BCUT2D eigenvalue weighted by Crippen LogP contribution is -2.22. The monoisotopic (exact) mass is 259 g/mol. The first-order valence-electron chi connectivity index (χ1n) is 5.99. The van der Waals surface area contributed by atoms with Crippen LogP contribution in [0.1, 0.15) is 29.0 Å². The quantitative estimate of drug-likeness (QED) is 0.891. The first-order chi connectivity index (χ1) is 9.00. The summed E-state index contributed by atoms with van der Waals surface area (Å²) in [6.07, 6.45) is 3.39. The minimum absolute atomic E-state index is 0.142. The number of carbonyl (C=O) groups is 1. The Bertz CT molecular complexity index is 588. The van der Waals surface area contributed by atoms with Crippen molar-refractivity contribution in [3.63, 3.8) is 0 Å². The van der Waals surface area contributed by atoms with Gasteiger partial charge in [-0.2, -0.15) is 5.10 Å². The fourth-order valence-electron chi connectivity index (χ4n) is 1.74. The van der Waals surface area contributed by atoms with Gasteiger partial charge in [0.15, 0.2) is 11.5 Å². The zero-order valence-corrected chi connectivity index (χ0v) is 11.2. The van der Waals surface area contributed by atoms with Crippen LogP contribution in [0.5, 0.6) is 0 Å². The van der Waals surface area contributed by atoms with Gasteiger partial charge in [-0.05, 0) is 19.1 Å². The average Bonchev–Trinajstić information content (AvgIpc) is 2.87. The van der Waals surface area contributed by atoms with Crippen LogP contribution in [-0.2, 0) is 0 Å². The minimum Gasteiger partial charge on any atom is -0.343 e. The van der Waals surface area contributed by atoms with Gasteiger partial charge in [-0.25, -0.2) is 9.67 Å². The molecule has 2 heterocycles. The SMILES string of the molecule is C[C@@H](N)c1cccnc1-n1ccc(C(=O)N(C)C)n1. The number of rotatable bonds is 3. The molecule has 6 nitrogen and oxygen atoms in total. The maximum atomic E-state index is 11.8. The molecule has 2 N–H and O–H groups in total. The molecule has 100 valence electrons. The molecule has 2 aromatic rings. The van der Waals surface area contributed by atoms with Gasteiger partial charge in [0.25, 0.3) is 5.91 Å². The van der Waals surface area contributed by atoms with Crippen LogP contribution < -0.4 is 5.73 Å². The van der Waals surface area contributed by atoms with E-state index < -0.39 is 0 Å². The Balaban J connectivity index is 2.41. The van der Waals surface area contributed by atoms with E-state index in [1.807, 2.05) is 19.1 Å². The fraction of sp³-hybridized carbons (Fsp3) is 0.308. The zero-order chi connectivity index (χ0) is 14.0. The van der Waals surface area contributed by atoms with Crippen LogP contribution in [0.3, 0.4) is 0 Å². The van der Waals surface area contributed by atoms with Crippen LogP contribution in [-0.4, -0.2) is 39.7 Å². The molecule has 0 aliphatic rings. The molecule has 0 radical (unpaired) electrons. The van der Waals surface area contributed by atoms with E-state index in [-0.39, 0.29) is 11.9 Å². The number of carbonyl (C=O) groups excluding carboxylic acids is 1. The molecule has 6 heteroatoms. The predicted octanol–water partition coefficient (Wildman–Crippen LogP) is 0.989. The van der Waals surface area contributed by atoms with Gasteiger partial charge < -0.3 is 10.6 Å². The van der Waals surface area contributed by atoms with E-state index in [1.54, 1.807) is 37.2 Å². The highest BCUT2D eigenvalue weighted by Crippen LogP contribution is 2.17. The first-order valence-corrected chi connectivity index (χ1v) is 5.99. The molecular weight excluding hydrogens is 242 g/mol. The van der Waals surface area contributed by atoms with Crippen LogP contribution in [0, 0.1) is 0 Å². The average molecular weight is 259 g/mol. The summed E-state index contributed by atoms with van der Waals surface area (Å²) in [5.41, 5.74) is 7.17. The van der Waals surface area contributed by atoms with Crippen molar-refractivity contribution < 1.29 is 4.79 Å². The number of hydrogen-bond acceptors (Lipinski definition) is 4. The highest BCUT2D eigenvalue weighted by molar-refractivity contribution is 5.91. The predicted molar refractivity (Wildman–Crippen MR) is 72.0 cm³/mol. The number of nitrogens with zero attached hydrogens (tertiary/aromatic N) is 4. The van der Waals surface area contributed by atoms with Crippen molar-refractivity contribution in [2.24, 2.45) is 5.73 Å². The maximum absolute atomic E-state index is 11.8.